The zero-order chi connectivity index (χ0) is 24.0. The Balaban J connectivity index is 2.34. The van der Waals surface area contributed by atoms with E-state index in [1.165, 1.54) is 11.8 Å². The number of alkyl halides is 2. The van der Waals surface area contributed by atoms with Gasteiger partial charge in [0.15, 0.2) is 0 Å². The van der Waals surface area contributed by atoms with E-state index >= 15 is 0 Å². The van der Waals surface area contributed by atoms with Crippen LogP contribution in [0.2, 0.25) is 0 Å². The number of thioether (sulfide) groups is 1. The molecule has 12 heteroatoms. The van der Waals surface area contributed by atoms with Gasteiger partial charge in [-0.25, -0.2) is 0 Å². The van der Waals surface area contributed by atoms with Gasteiger partial charge in [0, 0.05) is 22.3 Å². The van der Waals surface area contributed by atoms with E-state index in [-0.39, 0.29) is 17.6 Å². The molecular weight excluding hydrogens is 458 g/mol. The fourth-order valence-corrected chi connectivity index (χ4v) is 7.75. The third-order valence-electron chi connectivity index (χ3n) is 7.21. The first-order chi connectivity index (χ1) is 14.1. The van der Waals surface area contributed by atoms with E-state index in [1.54, 1.807) is 13.8 Å². The van der Waals surface area contributed by atoms with Gasteiger partial charge in [-0.15, -0.1) is 0 Å². The normalized spacial score (nSPS) is 30.5. The fourth-order valence-electron chi connectivity index (χ4n) is 5.13. The molecule has 0 aliphatic carbocycles. The molecule has 0 amide bonds. The Kier molecular flexibility index (Phi) is 7.77. The summed E-state index contributed by atoms with van der Waals surface area (Å²) in [5, 5.41) is 26.2. The van der Waals surface area contributed by atoms with Crippen LogP contribution in [0.1, 0.15) is 59.8 Å². The number of esters is 1. The lowest BCUT2D eigenvalue weighted by Crippen LogP contribution is -2.57. The van der Waals surface area contributed by atoms with Crippen molar-refractivity contribution >= 4 is 27.8 Å². The third kappa shape index (κ3) is 4.48. The van der Waals surface area contributed by atoms with E-state index in [4.69, 9.17) is 4.55 Å². The Labute approximate surface area is 185 Å². The predicted octanol–water partition coefficient (Wildman–Crippen LogP) is 2.17. The number of rotatable bonds is 10. The Bertz CT molecular complexity index is 767. The molecule has 2 aliphatic heterocycles. The van der Waals surface area contributed by atoms with Crippen LogP contribution in [0.5, 0.6) is 0 Å². The van der Waals surface area contributed by atoms with Crippen LogP contribution in [0.15, 0.2) is 0 Å². The van der Waals surface area contributed by atoms with Crippen molar-refractivity contribution < 1.29 is 46.6 Å². The Hall–Kier alpha value is -0.530. The minimum absolute atomic E-state index is 0.172. The number of aliphatic hydroxyl groups excluding tert-OH is 1. The van der Waals surface area contributed by atoms with Crippen LogP contribution < -0.4 is 0 Å². The molecule has 6 atom stereocenters. The average molecular weight is 491 g/mol. The number of hydrogen-bond donors (Lipinski definition) is 4. The van der Waals surface area contributed by atoms with Crippen molar-refractivity contribution in [2.45, 2.75) is 93.0 Å². The smallest absolute Gasteiger partial charge is 0.428 e. The highest BCUT2D eigenvalue weighted by molar-refractivity contribution is 8.01. The van der Waals surface area contributed by atoms with Gasteiger partial charge in [-0.05, 0) is 32.1 Å². The highest BCUT2D eigenvalue weighted by Gasteiger charge is 2.65. The van der Waals surface area contributed by atoms with Gasteiger partial charge in [-0.1, -0.05) is 27.7 Å². The second-order valence-electron chi connectivity index (χ2n) is 8.48. The number of ether oxygens (including phenoxy) is 1. The van der Waals surface area contributed by atoms with E-state index in [0.29, 0.717) is 25.7 Å². The van der Waals surface area contributed by atoms with Crippen molar-refractivity contribution in [1.29, 1.82) is 0 Å². The number of hydrogen-bond acceptors (Lipinski definition) is 8. The molecule has 2 fully saturated rings. The Morgan fingerprint density at radius 3 is 1.94 bits per heavy atom. The summed E-state index contributed by atoms with van der Waals surface area (Å²) < 4.78 is 61.7. The van der Waals surface area contributed by atoms with Crippen molar-refractivity contribution in [1.82, 2.24) is 0 Å². The molecule has 4 N–H and O–H groups in total. The second kappa shape index (κ2) is 9.02. The molecule has 0 saturated carbocycles. The molecule has 2 aliphatic rings. The summed E-state index contributed by atoms with van der Waals surface area (Å²) in [5.74, 6) is -3.08. The van der Waals surface area contributed by atoms with Crippen LogP contribution in [-0.4, -0.2) is 67.5 Å². The lowest BCUT2D eigenvalue weighted by molar-refractivity contribution is -0.211. The SMILES string of the molecule is CCC(O)(CC)C1C2CC(C(=O)OC(O)C(F)(F)S(=O)(=O)O)C(S2)C1C(O)(CC)CC. The van der Waals surface area contributed by atoms with Crippen LogP contribution in [0, 0.1) is 17.8 Å². The quantitative estimate of drug-likeness (QED) is 0.206. The van der Waals surface area contributed by atoms with Gasteiger partial charge in [0.25, 0.3) is 6.29 Å². The summed E-state index contributed by atoms with van der Waals surface area (Å²) in [6, 6.07) is 0. The van der Waals surface area contributed by atoms with E-state index in [0.717, 1.165) is 0 Å². The number of fused-ring (bicyclic) bond motifs is 2. The highest BCUT2D eigenvalue weighted by Crippen LogP contribution is 2.63. The number of aliphatic hydroxyl groups is 3. The van der Waals surface area contributed by atoms with E-state index < -0.39 is 55.9 Å². The highest BCUT2D eigenvalue weighted by atomic mass is 32.2. The molecule has 0 aromatic carbocycles. The molecular formula is C19H32F2O8S2. The maximum absolute atomic E-state index is 13.6. The molecule has 0 aromatic rings. The molecule has 6 unspecified atom stereocenters. The summed E-state index contributed by atoms with van der Waals surface area (Å²) in [6.07, 6.45) is -1.62. The maximum atomic E-state index is 13.6. The largest absolute Gasteiger partial charge is 0.430 e. The molecule has 2 bridgehead atoms. The van der Waals surface area contributed by atoms with E-state index in [2.05, 4.69) is 4.74 Å². The topological polar surface area (TPSA) is 141 Å². The monoisotopic (exact) mass is 490 g/mol. The third-order valence-corrected chi connectivity index (χ3v) is 9.87. The van der Waals surface area contributed by atoms with Crippen molar-refractivity contribution in [3.8, 4) is 0 Å². The number of carbonyl (C=O) groups excluding carboxylic acids is 1. The molecule has 31 heavy (non-hydrogen) atoms. The second-order valence-corrected chi connectivity index (χ2v) is 11.4. The molecule has 182 valence electrons. The summed E-state index contributed by atoms with van der Waals surface area (Å²) in [7, 11) is -6.00. The van der Waals surface area contributed by atoms with Gasteiger partial charge in [0.1, 0.15) is 0 Å². The molecule has 0 radical (unpaired) electrons. The van der Waals surface area contributed by atoms with Crippen LogP contribution >= 0.6 is 11.8 Å². The standard InChI is InChI=1S/C19H32F2O8S2/c1-5-17(24,6-2)12-11-9-10(14(30-11)13(12)18(25,7-3)8-4)15(22)29-16(23)19(20,21)31(26,27)28/h10-14,16,23-25H,5-9H2,1-4H3,(H,26,27,28). The lowest BCUT2D eigenvalue weighted by atomic mass is 9.59. The van der Waals surface area contributed by atoms with Crippen LogP contribution in [-0.2, 0) is 19.6 Å². The molecule has 2 rings (SSSR count). The number of halogens is 2. The van der Waals surface area contributed by atoms with Crippen LogP contribution in [0.4, 0.5) is 8.78 Å². The molecule has 2 heterocycles. The van der Waals surface area contributed by atoms with Crippen molar-refractivity contribution in [2.24, 2.45) is 17.8 Å². The van der Waals surface area contributed by atoms with Crippen molar-refractivity contribution in [3.05, 3.63) is 0 Å². The molecule has 8 nitrogen and oxygen atoms in total. The zero-order valence-electron chi connectivity index (χ0n) is 18.0. The minimum Gasteiger partial charge on any atom is -0.428 e. The Morgan fingerprint density at radius 1 is 1.06 bits per heavy atom. The van der Waals surface area contributed by atoms with Gasteiger partial charge >= 0.3 is 21.3 Å². The van der Waals surface area contributed by atoms with Gasteiger partial charge < -0.3 is 20.1 Å². The fraction of sp³-hybridized carbons (Fsp3) is 0.947. The first-order valence-corrected chi connectivity index (χ1v) is 12.8. The first kappa shape index (κ1) is 26.7. The summed E-state index contributed by atoms with van der Waals surface area (Å²) in [5.41, 5.74) is -2.30. The molecule has 2 saturated heterocycles. The predicted molar refractivity (Wildman–Crippen MR) is 110 cm³/mol. The van der Waals surface area contributed by atoms with Crippen molar-refractivity contribution in [2.75, 3.05) is 0 Å². The van der Waals surface area contributed by atoms with E-state index in [9.17, 15) is 37.3 Å². The Morgan fingerprint density at radius 2 is 1.52 bits per heavy atom. The number of carbonyl (C=O) groups is 1. The summed E-state index contributed by atoms with van der Waals surface area (Å²) in [6.45, 7) is 7.26. The van der Waals surface area contributed by atoms with Crippen LogP contribution in [0.3, 0.4) is 0 Å². The summed E-state index contributed by atoms with van der Waals surface area (Å²) >= 11 is 1.38. The van der Waals surface area contributed by atoms with Gasteiger partial charge in [0.2, 0.25) is 0 Å². The average Bonchev–Trinajstić information content (AvgIpc) is 3.31. The van der Waals surface area contributed by atoms with Gasteiger partial charge in [-0.3, -0.25) is 9.35 Å². The molecule has 0 aromatic heterocycles. The zero-order valence-corrected chi connectivity index (χ0v) is 19.6. The van der Waals surface area contributed by atoms with Crippen molar-refractivity contribution in [3.63, 3.8) is 0 Å². The van der Waals surface area contributed by atoms with Gasteiger partial charge in [-0.2, -0.15) is 29.0 Å². The lowest BCUT2D eigenvalue weighted by Gasteiger charge is -2.49. The van der Waals surface area contributed by atoms with Gasteiger partial charge in [0.05, 0.1) is 17.1 Å². The maximum Gasteiger partial charge on any atom is 0.430 e. The minimum atomic E-state index is -6.00. The van der Waals surface area contributed by atoms with E-state index in [1.807, 2.05) is 13.8 Å². The first-order valence-electron chi connectivity index (χ1n) is 10.5. The van der Waals surface area contributed by atoms with Crippen LogP contribution in [0.25, 0.3) is 0 Å². The molecule has 0 spiro atoms. The summed E-state index contributed by atoms with van der Waals surface area (Å²) in [4.78, 5) is 12.6.